The van der Waals surface area contributed by atoms with Crippen molar-refractivity contribution in [1.82, 2.24) is 0 Å². The van der Waals surface area contributed by atoms with Crippen molar-refractivity contribution in [1.29, 1.82) is 0 Å². The van der Waals surface area contributed by atoms with Gasteiger partial charge in [-0.05, 0) is 17.8 Å². The summed E-state index contributed by atoms with van der Waals surface area (Å²) in [6.45, 7) is 7.16. The van der Waals surface area contributed by atoms with Gasteiger partial charge in [0.05, 0.1) is 0 Å². The summed E-state index contributed by atoms with van der Waals surface area (Å²) in [5.41, 5.74) is 0.599. The van der Waals surface area contributed by atoms with Crippen LogP contribution in [0, 0.1) is 11.3 Å². The van der Waals surface area contributed by atoms with Crippen LogP contribution in [-0.2, 0) is 0 Å². The van der Waals surface area contributed by atoms with Crippen molar-refractivity contribution >= 4 is 0 Å². The first-order valence-electron chi connectivity index (χ1n) is 5.64. The topological polar surface area (TPSA) is 0 Å². The summed E-state index contributed by atoms with van der Waals surface area (Å²) in [5, 5.41) is 0. The van der Waals surface area contributed by atoms with Crippen LogP contribution in [0.15, 0.2) is 0 Å². The Hall–Kier alpha value is 0. The van der Waals surface area contributed by atoms with Crippen LogP contribution in [0.5, 0.6) is 0 Å². The molecule has 1 aliphatic carbocycles. The van der Waals surface area contributed by atoms with Gasteiger partial charge in [0, 0.05) is 0 Å². The zero-order valence-electron chi connectivity index (χ0n) is 9.03. The van der Waals surface area contributed by atoms with Crippen molar-refractivity contribution in [2.24, 2.45) is 11.3 Å². The SMILES string of the molecule is CCC(C)(C)CC1CCCCC1. The second kappa shape index (κ2) is 4.30. The second-order valence-electron chi connectivity index (χ2n) is 5.23. The molecule has 0 aromatic rings. The van der Waals surface area contributed by atoms with Gasteiger partial charge >= 0.3 is 0 Å². The second-order valence-corrected chi connectivity index (χ2v) is 5.23. The molecule has 1 fully saturated rings. The van der Waals surface area contributed by atoms with Crippen LogP contribution in [0.3, 0.4) is 0 Å². The van der Waals surface area contributed by atoms with Crippen LogP contribution in [0.4, 0.5) is 0 Å². The van der Waals surface area contributed by atoms with E-state index in [2.05, 4.69) is 20.8 Å². The van der Waals surface area contributed by atoms with Crippen LogP contribution in [-0.4, -0.2) is 0 Å². The Balaban J connectivity index is 2.28. The maximum absolute atomic E-state index is 2.42. The van der Waals surface area contributed by atoms with Gasteiger partial charge in [-0.1, -0.05) is 59.3 Å². The molecule has 0 aliphatic heterocycles. The molecule has 0 heteroatoms. The Morgan fingerprint density at radius 1 is 1.08 bits per heavy atom. The van der Waals surface area contributed by atoms with E-state index in [0.717, 1.165) is 5.92 Å². The summed E-state index contributed by atoms with van der Waals surface area (Å²) in [6.07, 6.45) is 10.3. The largest absolute Gasteiger partial charge is 0.0649 e. The highest BCUT2D eigenvalue weighted by Gasteiger charge is 2.22. The van der Waals surface area contributed by atoms with E-state index in [9.17, 15) is 0 Å². The maximum Gasteiger partial charge on any atom is -0.0354 e. The Kier molecular flexibility index (Phi) is 3.61. The summed E-state index contributed by atoms with van der Waals surface area (Å²) in [5.74, 6) is 1.05. The lowest BCUT2D eigenvalue weighted by molar-refractivity contribution is 0.215. The number of rotatable bonds is 3. The van der Waals surface area contributed by atoms with Gasteiger partial charge in [0.25, 0.3) is 0 Å². The average Bonchev–Trinajstić information content (AvgIpc) is 2.06. The molecule has 0 unspecified atom stereocenters. The molecule has 0 aromatic heterocycles. The van der Waals surface area contributed by atoms with Gasteiger partial charge < -0.3 is 0 Å². The summed E-state index contributed by atoms with van der Waals surface area (Å²) < 4.78 is 0. The monoisotopic (exact) mass is 168 g/mol. The minimum Gasteiger partial charge on any atom is -0.0649 e. The molecule has 0 aromatic carbocycles. The number of hydrogen-bond donors (Lipinski definition) is 0. The standard InChI is InChI=1S/C12H24/c1-4-12(2,3)10-11-8-6-5-7-9-11/h11H,4-10H2,1-3H3. The molecule has 0 spiro atoms. The van der Waals surface area contributed by atoms with Crippen LogP contribution in [0.1, 0.15) is 65.7 Å². The van der Waals surface area contributed by atoms with Gasteiger partial charge in [0.2, 0.25) is 0 Å². The summed E-state index contributed by atoms with van der Waals surface area (Å²) in [7, 11) is 0. The van der Waals surface area contributed by atoms with E-state index < -0.39 is 0 Å². The van der Waals surface area contributed by atoms with Crippen LogP contribution in [0.2, 0.25) is 0 Å². The van der Waals surface area contributed by atoms with Crippen LogP contribution < -0.4 is 0 Å². The van der Waals surface area contributed by atoms with Gasteiger partial charge in [0.15, 0.2) is 0 Å². The quantitative estimate of drug-likeness (QED) is 0.586. The highest BCUT2D eigenvalue weighted by molar-refractivity contribution is 4.74. The van der Waals surface area contributed by atoms with E-state index in [4.69, 9.17) is 0 Å². The Labute approximate surface area is 77.7 Å². The van der Waals surface area contributed by atoms with Gasteiger partial charge in [-0.3, -0.25) is 0 Å². The first-order chi connectivity index (χ1) is 5.64. The van der Waals surface area contributed by atoms with Gasteiger partial charge in [-0.15, -0.1) is 0 Å². The molecule has 12 heavy (non-hydrogen) atoms. The van der Waals surface area contributed by atoms with E-state index in [-0.39, 0.29) is 0 Å². The predicted molar refractivity (Wildman–Crippen MR) is 55.3 cm³/mol. The Morgan fingerprint density at radius 2 is 1.67 bits per heavy atom. The van der Waals surface area contributed by atoms with Crippen molar-refractivity contribution in [3.63, 3.8) is 0 Å². The summed E-state index contributed by atoms with van der Waals surface area (Å²) in [6, 6.07) is 0. The maximum atomic E-state index is 2.42. The molecule has 0 amide bonds. The van der Waals surface area contributed by atoms with Gasteiger partial charge in [-0.25, -0.2) is 0 Å². The van der Waals surface area contributed by atoms with Crippen molar-refractivity contribution in [2.45, 2.75) is 65.7 Å². The average molecular weight is 168 g/mol. The third-order valence-electron chi connectivity index (χ3n) is 3.52. The first kappa shape index (κ1) is 10.1. The zero-order valence-corrected chi connectivity index (χ0v) is 9.03. The molecule has 1 saturated carbocycles. The molecule has 0 heterocycles. The van der Waals surface area contributed by atoms with Gasteiger partial charge in [-0.2, -0.15) is 0 Å². The zero-order chi connectivity index (χ0) is 9.03. The lowest BCUT2D eigenvalue weighted by Crippen LogP contribution is -2.18. The highest BCUT2D eigenvalue weighted by Crippen LogP contribution is 2.36. The Morgan fingerprint density at radius 3 is 2.17 bits per heavy atom. The lowest BCUT2D eigenvalue weighted by Gasteiger charge is -2.30. The van der Waals surface area contributed by atoms with Crippen molar-refractivity contribution < 1.29 is 0 Å². The van der Waals surface area contributed by atoms with Crippen LogP contribution in [0.25, 0.3) is 0 Å². The molecule has 0 saturated heterocycles. The summed E-state index contributed by atoms with van der Waals surface area (Å²) in [4.78, 5) is 0. The third kappa shape index (κ3) is 3.16. The van der Waals surface area contributed by atoms with E-state index in [1.807, 2.05) is 0 Å². The molecule has 0 bridgehead atoms. The molecule has 0 atom stereocenters. The van der Waals surface area contributed by atoms with E-state index in [0.29, 0.717) is 5.41 Å². The molecular weight excluding hydrogens is 144 g/mol. The molecule has 0 N–H and O–H groups in total. The van der Waals surface area contributed by atoms with Crippen molar-refractivity contribution in [3.8, 4) is 0 Å². The number of hydrogen-bond acceptors (Lipinski definition) is 0. The normalized spacial score (nSPS) is 21.2. The van der Waals surface area contributed by atoms with E-state index >= 15 is 0 Å². The Bertz CT molecular complexity index is 118. The fraction of sp³-hybridized carbons (Fsp3) is 1.00. The third-order valence-corrected chi connectivity index (χ3v) is 3.52. The molecular formula is C12H24. The van der Waals surface area contributed by atoms with Crippen LogP contribution >= 0.6 is 0 Å². The fourth-order valence-corrected chi connectivity index (χ4v) is 2.32. The molecule has 72 valence electrons. The van der Waals surface area contributed by atoms with Gasteiger partial charge in [0.1, 0.15) is 0 Å². The molecule has 1 aliphatic rings. The predicted octanol–water partition coefficient (Wildman–Crippen LogP) is 4.39. The molecule has 1 rings (SSSR count). The van der Waals surface area contributed by atoms with Crippen molar-refractivity contribution in [3.05, 3.63) is 0 Å². The lowest BCUT2D eigenvalue weighted by atomic mass is 9.75. The molecule has 0 nitrogen and oxygen atoms in total. The highest BCUT2D eigenvalue weighted by atomic mass is 14.3. The fourth-order valence-electron chi connectivity index (χ4n) is 2.32. The first-order valence-corrected chi connectivity index (χ1v) is 5.64. The van der Waals surface area contributed by atoms with Crippen molar-refractivity contribution in [2.75, 3.05) is 0 Å². The minimum atomic E-state index is 0.599. The van der Waals surface area contributed by atoms with E-state index in [1.54, 1.807) is 0 Å². The minimum absolute atomic E-state index is 0.599. The summed E-state index contributed by atoms with van der Waals surface area (Å²) >= 11 is 0. The molecule has 0 radical (unpaired) electrons. The smallest absolute Gasteiger partial charge is 0.0354 e. The van der Waals surface area contributed by atoms with E-state index in [1.165, 1.54) is 44.9 Å².